The van der Waals surface area contributed by atoms with E-state index < -0.39 is 16.1 Å². The van der Waals surface area contributed by atoms with Crippen molar-refractivity contribution in [2.45, 2.75) is 44.6 Å². The highest BCUT2D eigenvalue weighted by molar-refractivity contribution is 7.89. The van der Waals surface area contributed by atoms with E-state index in [4.69, 9.17) is 0 Å². The van der Waals surface area contributed by atoms with Crippen molar-refractivity contribution in [1.29, 1.82) is 0 Å². The lowest BCUT2D eigenvalue weighted by molar-refractivity contribution is -0.119. The molecule has 0 saturated carbocycles. The molecule has 1 fully saturated rings. The molecular weight excluding hydrogens is 348 g/mol. The number of carbonyl (C=O) groups excluding carboxylic acids is 1. The van der Waals surface area contributed by atoms with Crippen LogP contribution in [-0.2, 0) is 14.8 Å². The highest BCUT2D eigenvalue weighted by atomic mass is 32.2. The number of nitrogens with one attached hydrogen (secondary N) is 1. The minimum absolute atomic E-state index is 0.231. The minimum atomic E-state index is -3.69. The van der Waals surface area contributed by atoms with Crippen LogP contribution in [0.3, 0.4) is 0 Å². The molecule has 0 spiro atoms. The number of hydrogen-bond acceptors (Lipinski definition) is 3. The number of rotatable bonds is 4. The van der Waals surface area contributed by atoms with E-state index in [1.165, 1.54) is 4.31 Å². The Bertz CT molecular complexity index is 921. The largest absolute Gasteiger partial charge is 0.324 e. The molecule has 1 amide bonds. The molecule has 1 aliphatic rings. The molecule has 1 saturated heterocycles. The summed E-state index contributed by atoms with van der Waals surface area (Å²) in [5, 5.41) is 2.91. The second-order valence-electron chi connectivity index (χ2n) is 6.89. The van der Waals surface area contributed by atoms with Crippen LogP contribution in [0.2, 0.25) is 0 Å². The zero-order valence-corrected chi connectivity index (χ0v) is 16.1. The van der Waals surface area contributed by atoms with Crippen LogP contribution in [0.15, 0.2) is 47.4 Å². The summed E-state index contributed by atoms with van der Waals surface area (Å²) in [4.78, 5) is 13.0. The van der Waals surface area contributed by atoms with Crippen LogP contribution in [0.25, 0.3) is 0 Å². The second kappa shape index (κ2) is 7.21. The van der Waals surface area contributed by atoms with Crippen LogP contribution in [0.5, 0.6) is 0 Å². The van der Waals surface area contributed by atoms with Crippen molar-refractivity contribution in [3.63, 3.8) is 0 Å². The van der Waals surface area contributed by atoms with Crippen LogP contribution < -0.4 is 5.32 Å². The van der Waals surface area contributed by atoms with Gasteiger partial charge in [-0.15, -0.1) is 0 Å². The topological polar surface area (TPSA) is 66.5 Å². The van der Waals surface area contributed by atoms with E-state index in [2.05, 4.69) is 5.32 Å². The molecule has 0 aromatic heterocycles. The maximum atomic E-state index is 13.0. The molecule has 6 heteroatoms. The van der Waals surface area contributed by atoms with Crippen LogP contribution in [0, 0.1) is 20.8 Å². The van der Waals surface area contributed by atoms with Gasteiger partial charge in [-0.3, -0.25) is 4.79 Å². The van der Waals surface area contributed by atoms with E-state index >= 15 is 0 Å². The third-order valence-electron chi connectivity index (χ3n) is 4.78. The molecule has 2 aromatic carbocycles. The summed E-state index contributed by atoms with van der Waals surface area (Å²) >= 11 is 0. The number of hydrogen-bond donors (Lipinski definition) is 1. The predicted molar refractivity (Wildman–Crippen MR) is 103 cm³/mol. The number of amides is 1. The van der Waals surface area contributed by atoms with Gasteiger partial charge in [0.25, 0.3) is 0 Å². The zero-order valence-electron chi connectivity index (χ0n) is 15.3. The number of aryl methyl sites for hydroxylation is 3. The summed E-state index contributed by atoms with van der Waals surface area (Å²) in [6.45, 7) is 6.15. The van der Waals surface area contributed by atoms with Crippen molar-refractivity contribution in [1.82, 2.24) is 4.31 Å². The standard InChI is InChI=1S/C20H24N2O3S/c1-14-7-10-17(11-8-14)26(24,25)22-12-4-5-19(22)20(23)21-18-13-15(2)6-9-16(18)3/h6-11,13,19H,4-5,12H2,1-3H3,(H,21,23)/t19-/m1/s1. The van der Waals surface area contributed by atoms with Crippen molar-refractivity contribution in [3.05, 3.63) is 59.2 Å². The molecule has 5 nitrogen and oxygen atoms in total. The fourth-order valence-corrected chi connectivity index (χ4v) is 4.88. The quantitative estimate of drug-likeness (QED) is 0.894. The number of carbonyl (C=O) groups is 1. The lowest BCUT2D eigenvalue weighted by Crippen LogP contribution is -2.43. The molecule has 3 rings (SSSR count). The summed E-state index contributed by atoms with van der Waals surface area (Å²) in [6, 6.07) is 11.9. The average molecular weight is 372 g/mol. The Morgan fingerprint density at radius 2 is 1.69 bits per heavy atom. The molecular formula is C20H24N2O3S. The normalized spacial score (nSPS) is 18.0. The maximum absolute atomic E-state index is 13.0. The van der Waals surface area contributed by atoms with Gasteiger partial charge in [-0.05, 0) is 62.9 Å². The summed E-state index contributed by atoms with van der Waals surface area (Å²) in [7, 11) is -3.69. The number of sulfonamides is 1. The smallest absolute Gasteiger partial charge is 0.243 e. The lowest BCUT2D eigenvalue weighted by atomic mass is 10.1. The van der Waals surface area contributed by atoms with E-state index in [1.807, 2.05) is 39.0 Å². The fraction of sp³-hybridized carbons (Fsp3) is 0.350. The fourth-order valence-electron chi connectivity index (χ4n) is 3.22. The molecule has 1 N–H and O–H groups in total. The third kappa shape index (κ3) is 3.66. The van der Waals surface area contributed by atoms with E-state index in [0.717, 1.165) is 22.4 Å². The predicted octanol–water partition coefficient (Wildman–Crippen LogP) is 3.40. The van der Waals surface area contributed by atoms with Gasteiger partial charge in [-0.25, -0.2) is 8.42 Å². The molecule has 1 atom stereocenters. The van der Waals surface area contributed by atoms with Crippen LogP contribution in [-0.4, -0.2) is 31.2 Å². The lowest BCUT2D eigenvalue weighted by Gasteiger charge is -2.24. The number of benzene rings is 2. The first kappa shape index (κ1) is 18.6. The Morgan fingerprint density at radius 1 is 1.04 bits per heavy atom. The molecule has 2 aromatic rings. The highest BCUT2D eigenvalue weighted by Gasteiger charge is 2.39. The summed E-state index contributed by atoms with van der Waals surface area (Å²) in [6.07, 6.45) is 1.21. The van der Waals surface area contributed by atoms with Crippen LogP contribution >= 0.6 is 0 Å². The molecule has 0 aliphatic carbocycles. The second-order valence-corrected chi connectivity index (χ2v) is 8.79. The van der Waals surface area contributed by atoms with Gasteiger partial charge in [0.15, 0.2) is 0 Å². The van der Waals surface area contributed by atoms with Crippen LogP contribution in [0.4, 0.5) is 5.69 Å². The van der Waals surface area contributed by atoms with E-state index in [1.54, 1.807) is 24.3 Å². The molecule has 0 radical (unpaired) electrons. The van der Waals surface area contributed by atoms with E-state index in [0.29, 0.717) is 19.4 Å². The monoisotopic (exact) mass is 372 g/mol. The SMILES string of the molecule is Cc1ccc(S(=O)(=O)N2CCC[C@@H]2C(=O)Nc2cc(C)ccc2C)cc1. The van der Waals surface area contributed by atoms with E-state index in [-0.39, 0.29) is 10.8 Å². The van der Waals surface area contributed by atoms with Gasteiger partial charge in [0.2, 0.25) is 15.9 Å². The molecule has 1 heterocycles. The Kier molecular flexibility index (Phi) is 5.16. The Hall–Kier alpha value is -2.18. The van der Waals surface area contributed by atoms with Gasteiger partial charge < -0.3 is 5.32 Å². The zero-order chi connectivity index (χ0) is 18.9. The first-order valence-corrected chi connectivity index (χ1v) is 10.2. The molecule has 1 aliphatic heterocycles. The van der Waals surface area contributed by atoms with Crippen molar-refractivity contribution in [3.8, 4) is 0 Å². The maximum Gasteiger partial charge on any atom is 0.243 e. The van der Waals surface area contributed by atoms with Crippen LogP contribution in [0.1, 0.15) is 29.5 Å². The van der Waals surface area contributed by atoms with Gasteiger partial charge in [-0.1, -0.05) is 29.8 Å². The van der Waals surface area contributed by atoms with Crippen molar-refractivity contribution in [2.75, 3.05) is 11.9 Å². The molecule has 0 unspecified atom stereocenters. The van der Waals surface area contributed by atoms with E-state index in [9.17, 15) is 13.2 Å². The number of anilines is 1. The number of nitrogens with zero attached hydrogens (tertiary/aromatic N) is 1. The minimum Gasteiger partial charge on any atom is -0.324 e. The van der Waals surface area contributed by atoms with Gasteiger partial charge in [0.05, 0.1) is 4.90 Å². The molecule has 26 heavy (non-hydrogen) atoms. The van der Waals surface area contributed by atoms with Gasteiger partial charge in [0, 0.05) is 12.2 Å². The first-order valence-electron chi connectivity index (χ1n) is 8.75. The summed E-state index contributed by atoms with van der Waals surface area (Å²) in [5.74, 6) is -0.271. The Balaban J connectivity index is 1.84. The van der Waals surface area contributed by atoms with Crippen molar-refractivity contribution < 1.29 is 13.2 Å². The van der Waals surface area contributed by atoms with Gasteiger partial charge >= 0.3 is 0 Å². The highest BCUT2D eigenvalue weighted by Crippen LogP contribution is 2.27. The third-order valence-corrected chi connectivity index (χ3v) is 6.71. The van der Waals surface area contributed by atoms with Crippen molar-refractivity contribution >= 4 is 21.6 Å². The van der Waals surface area contributed by atoms with Gasteiger partial charge in [-0.2, -0.15) is 4.31 Å². The Morgan fingerprint density at radius 3 is 2.38 bits per heavy atom. The molecule has 0 bridgehead atoms. The van der Waals surface area contributed by atoms with Crippen molar-refractivity contribution in [2.24, 2.45) is 0 Å². The average Bonchev–Trinajstić information content (AvgIpc) is 3.09. The summed E-state index contributed by atoms with van der Waals surface area (Å²) in [5.41, 5.74) is 3.72. The van der Waals surface area contributed by atoms with Gasteiger partial charge in [0.1, 0.15) is 6.04 Å². The summed E-state index contributed by atoms with van der Waals surface area (Å²) < 4.78 is 27.3. The molecule has 138 valence electrons. The Labute approximate surface area is 155 Å². The first-order chi connectivity index (χ1) is 12.3.